The lowest BCUT2D eigenvalue weighted by Crippen LogP contribution is -2.10. The van der Waals surface area contributed by atoms with E-state index in [0.717, 1.165) is 33.5 Å². The van der Waals surface area contributed by atoms with Gasteiger partial charge in [-0.15, -0.1) is 0 Å². The van der Waals surface area contributed by atoms with Crippen molar-refractivity contribution < 1.29 is 4.92 Å². The Labute approximate surface area is 249 Å². The van der Waals surface area contributed by atoms with Crippen LogP contribution in [0.15, 0.2) is 115 Å². The summed E-state index contributed by atoms with van der Waals surface area (Å²) in [5.74, 6) is 0. The van der Waals surface area contributed by atoms with Crippen molar-refractivity contribution in [2.24, 2.45) is 0 Å². The predicted octanol–water partition coefficient (Wildman–Crippen LogP) is 10.9. The van der Waals surface area contributed by atoms with Gasteiger partial charge in [-0.05, 0) is 50.3 Å². The maximum Gasteiger partial charge on any atom is 0.292 e. The van der Waals surface area contributed by atoms with E-state index in [1.165, 1.54) is 22.8 Å². The van der Waals surface area contributed by atoms with Gasteiger partial charge in [0.25, 0.3) is 5.69 Å². The molecule has 0 fully saturated rings. The lowest BCUT2D eigenvalue weighted by Gasteiger charge is -2.21. The van der Waals surface area contributed by atoms with E-state index in [2.05, 4.69) is 132 Å². The van der Waals surface area contributed by atoms with E-state index in [0.29, 0.717) is 5.69 Å². The van der Waals surface area contributed by atoms with E-state index in [1.807, 2.05) is 12.1 Å². The summed E-state index contributed by atoms with van der Waals surface area (Å²) in [6.07, 6.45) is 0. The molecule has 0 aliphatic rings. The van der Waals surface area contributed by atoms with Crippen LogP contribution in [0.1, 0.15) is 52.7 Å². The first-order chi connectivity index (χ1) is 19.9. The summed E-state index contributed by atoms with van der Waals surface area (Å²) in [5, 5.41) is 15.3. The number of hydrogen-bond donors (Lipinski definition) is 1. The first-order valence-corrected chi connectivity index (χ1v) is 14.4. The van der Waals surface area contributed by atoms with Gasteiger partial charge in [0.2, 0.25) is 0 Å². The number of para-hydroxylation sites is 3. The van der Waals surface area contributed by atoms with Crippen molar-refractivity contribution in [2.75, 3.05) is 5.32 Å². The highest BCUT2D eigenvalue weighted by molar-refractivity contribution is 5.94. The van der Waals surface area contributed by atoms with Gasteiger partial charge in [-0.25, -0.2) is 0 Å². The van der Waals surface area contributed by atoms with Crippen LogP contribution in [0.2, 0.25) is 0 Å². The quantitative estimate of drug-likeness (QED) is 0.168. The molecule has 0 spiro atoms. The first-order valence-electron chi connectivity index (χ1n) is 14.4. The molecule has 0 saturated heterocycles. The second-order valence-electron chi connectivity index (χ2n) is 12.9. The number of nitrogens with one attached hydrogen (secondary N) is 1. The van der Waals surface area contributed by atoms with Gasteiger partial charge in [0, 0.05) is 17.2 Å². The molecule has 42 heavy (non-hydrogen) atoms. The zero-order chi connectivity index (χ0) is 30.1. The van der Waals surface area contributed by atoms with E-state index in [1.54, 1.807) is 12.1 Å². The molecular weight excluding hydrogens is 516 g/mol. The minimum absolute atomic E-state index is 0.0374. The van der Waals surface area contributed by atoms with Crippen LogP contribution in [0.25, 0.3) is 33.4 Å². The highest BCUT2D eigenvalue weighted by Gasteiger charge is 2.19. The molecule has 212 valence electrons. The molecule has 1 N–H and O–H groups in total. The normalized spacial score (nSPS) is 11.8. The summed E-state index contributed by atoms with van der Waals surface area (Å²) >= 11 is 0. The van der Waals surface area contributed by atoms with Crippen LogP contribution in [0.5, 0.6) is 0 Å². The average molecular weight is 555 g/mol. The molecule has 4 heteroatoms. The molecule has 0 aromatic heterocycles. The number of rotatable bonds is 6. The number of hydrogen-bond acceptors (Lipinski definition) is 3. The van der Waals surface area contributed by atoms with Crippen molar-refractivity contribution in [3.8, 4) is 33.4 Å². The van der Waals surface area contributed by atoms with Gasteiger partial charge in [-0.2, -0.15) is 0 Å². The average Bonchev–Trinajstić information content (AvgIpc) is 2.97. The van der Waals surface area contributed by atoms with Crippen molar-refractivity contribution in [1.29, 1.82) is 0 Å². The van der Waals surface area contributed by atoms with Gasteiger partial charge >= 0.3 is 0 Å². The van der Waals surface area contributed by atoms with E-state index in [-0.39, 0.29) is 21.4 Å². The molecule has 5 aromatic carbocycles. The van der Waals surface area contributed by atoms with Crippen molar-refractivity contribution in [1.82, 2.24) is 0 Å². The molecule has 0 atom stereocenters. The van der Waals surface area contributed by atoms with E-state index >= 15 is 0 Å². The number of nitrogens with zero attached hydrogens (tertiary/aromatic N) is 1. The Bertz CT molecular complexity index is 1700. The fourth-order valence-corrected chi connectivity index (χ4v) is 5.20. The molecule has 0 aliphatic heterocycles. The number of benzene rings is 5. The third-order valence-electron chi connectivity index (χ3n) is 7.77. The maximum absolute atomic E-state index is 11.9. The summed E-state index contributed by atoms with van der Waals surface area (Å²) in [6, 6.07) is 38.9. The van der Waals surface area contributed by atoms with E-state index in [9.17, 15) is 10.1 Å². The van der Waals surface area contributed by atoms with Crippen molar-refractivity contribution in [3.05, 3.63) is 137 Å². The third kappa shape index (κ3) is 6.13. The zero-order valence-electron chi connectivity index (χ0n) is 25.2. The minimum atomic E-state index is -0.345. The second kappa shape index (κ2) is 11.3. The van der Waals surface area contributed by atoms with Crippen LogP contribution < -0.4 is 5.32 Å². The summed E-state index contributed by atoms with van der Waals surface area (Å²) < 4.78 is 0. The van der Waals surface area contributed by atoms with Crippen molar-refractivity contribution in [2.45, 2.75) is 52.4 Å². The van der Waals surface area contributed by atoms with Gasteiger partial charge < -0.3 is 5.32 Å². The monoisotopic (exact) mass is 554 g/mol. The van der Waals surface area contributed by atoms with Crippen LogP contribution in [-0.2, 0) is 10.8 Å². The fraction of sp³-hybridized carbons (Fsp3) is 0.211. The molecule has 0 bridgehead atoms. The summed E-state index contributed by atoms with van der Waals surface area (Å²) in [5.41, 5.74) is 10.4. The highest BCUT2D eigenvalue weighted by atomic mass is 16.6. The first kappa shape index (κ1) is 28.8. The summed E-state index contributed by atoms with van der Waals surface area (Å²) in [6.45, 7) is 13.3. The highest BCUT2D eigenvalue weighted by Crippen LogP contribution is 2.41. The molecule has 0 saturated carbocycles. The Morgan fingerprint density at radius 3 is 1.38 bits per heavy atom. The van der Waals surface area contributed by atoms with Gasteiger partial charge in [0.15, 0.2) is 0 Å². The zero-order valence-corrected chi connectivity index (χ0v) is 25.2. The Morgan fingerprint density at radius 1 is 0.524 bits per heavy atom. The molecule has 0 amide bonds. The Hall–Kier alpha value is -4.70. The van der Waals surface area contributed by atoms with E-state index < -0.39 is 0 Å². The van der Waals surface area contributed by atoms with Crippen LogP contribution in [0, 0.1) is 10.1 Å². The molecule has 5 aromatic rings. The van der Waals surface area contributed by atoms with Crippen molar-refractivity contribution in [3.63, 3.8) is 0 Å². The fourth-order valence-electron chi connectivity index (χ4n) is 5.20. The lowest BCUT2D eigenvalue weighted by atomic mass is 9.85. The maximum atomic E-state index is 11.9. The van der Waals surface area contributed by atoms with Crippen LogP contribution in [-0.4, -0.2) is 4.92 Å². The molecule has 0 heterocycles. The Morgan fingerprint density at radius 2 is 0.929 bits per heavy atom. The number of nitro groups is 1. The van der Waals surface area contributed by atoms with Crippen LogP contribution in [0.4, 0.5) is 17.1 Å². The van der Waals surface area contributed by atoms with Gasteiger partial charge in [-0.3, -0.25) is 10.1 Å². The van der Waals surface area contributed by atoms with Gasteiger partial charge in [0.05, 0.1) is 10.6 Å². The minimum Gasteiger partial charge on any atom is -0.349 e. The Balaban J connectivity index is 1.59. The van der Waals surface area contributed by atoms with E-state index in [4.69, 9.17) is 0 Å². The molecule has 0 radical (unpaired) electrons. The molecule has 0 unspecified atom stereocenters. The number of anilines is 2. The smallest absolute Gasteiger partial charge is 0.292 e. The molecule has 0 aliphatic carbocycles. The van der Waals surface area contributed by atoms with Crippen LogP contribution in [0.3, 0.4) is 0 Å². The third-order valence-corrected chi connectivity index (χ3v) is 7.77. The second-order valence-corrected chi connectivity index (χ2v) is 12.9. The molecular formula is C38H38N2O2. The topological polar surface area (TPSA) is 55.2 Å². The Kier molecular flexibility index (Phi) is 7.74. The molecule has 5 rings (SSSR count). The van der Waals surface area contributed by atoms with Crippen molar-refractivity contribution >= 4 is 17.1 Å². The van der Waals surface area contributed by atoms with Gasteiger partial charge in [-0.1, -0.05) is 145 Å². The number of nitro benzene ring substituents is 1. The SMILES string of the molecule is CC(C)(C)c1ccc(-c2ccc(-c3cccc(-c4ccc(C(C)(C)C)cc4)c3Nc3ccccc3[N+](=O)[O-])cc2)cc1. The largest absolute Gasteiger partial charge is 0.349 e. The lowest BCUT2D eigenvalue weighted by molar-refractivity contribution is -0.383. The predicted molar refractivity (Wildman–Crippen MR) is 177 cm³/mol. The molecule has 4 nitrogen and oxygen atoms in total. The summed E-state index contributed by atoms with van der Waals surface area (Å²) in [4.78, 5) is 11.5. The summed E-state index contributed by atoms with van der Waals surface area (Å²) in [7, 11) is 0. The van der Waals surface area contributed by atoms with Gasteiger partial charge in [0.1, 0.15) is 5.69 Å². The standard InChI is InChI=1S/C38H38N2O2/c1-37(2,3)30-22-18-27(19-23-30)26-14-16-28(17-15-26)32-10-9-11-33(29-20-24-31(25-21-29)38(4,5)6)36(32)39-34-12-7-8-13-35(34)40(41)42/h7-25,39H,1-6H3. The van der Waals surface area contributed by atoms with Crippen LogP contribution >= 0.6 is 0 Å².